The largest absolute Gasteiger partial charge is 0.465 e. The van der Waals surface area contributed by atoms with Crippen molar-refractivity contribution in [2.24, 2.45) is 7.05 Å². The highest BCUT2D eigenvalue weighted by Gasteiger charge is 2.55. The van der Waals surface area contributed by atoms with Crippen LogP contribution in [0.5, 0.6) is 0 Å². The normalized spacial score (nSPS) is 17.8. The summed E-state index contributed by atoms with van der Waals surface area (Å²) in [5.41, 5.74) is 1.62. The van der Waals surface area contributed by atoms with E-state index in [0.717, 1.165) is 11.3 Å². The zero-order valence-corrected chi connectivity index (χ0v) is 17.0. The van der Waals surface area contributed by atoms with Crippen LogP contribution in [0.25, 0.3) is 5.69 Å². The van der Waals surface area contributed by atoms with Crippen LogP contribution in [0.3, 0.4) is 0 Å². The van der Waals surface area contributed by atoms with Gasteiger partial charge in [-0.15, -0.1) is 0 Å². The number of anilines is 1. The molecule has 2 aromatic heterocycles. The lowest BCUT2D eigenvalue weighted by Crippen LogP contribution is -2.41. The van der Waals surface area contributed by atoms with Crippen LogP contribution in [0, 0.1) is 13.8 Å². The standard InChI is InChI=1S/C24H21N3O3/c1-15-13-14-20(30-15)24(18-11-7-8-12-19(18)25-23(24)29)21-16(2)26(3)27(22(21)28)17-9-5-4-6-10-17/h4-14H,1-3H3,(H,25,29). The molecule has 1 N–H and O–H groups in total. The van der Waals surface area contributed by atoms with Crippen LogP contribution in [0.15, 0.2) is 75.9 Å². The van der Waals surface area contributed by atoms with Gasteiger partial charge in [0.2, 0.25) is 5.91 Å². The fraction of sp³-hybridized carbons (Fsp3) is 0.167. The van der Waals surface area contributed by atoms with E-state index in [9.17, 15) is 9.59 Å². The predicted molar refractivity (Wildman–Crippen MR) is 114 cm³/mol. The Labute approximate surface area is 173 Å². The Bertz CT molecular complexity index is 1340. The molecule has 0 radical (unpaired) electrons. The molecule has 0 fully saturated rings. The first-order valence-electron chi connectivity index (χ1n) is 9.78. The van der Waals surface area contributed by atoms with Gasteiger partial charge in [0, 0.05) is 24.0 Å². The molecule has 1 atom stereocenters. The molecule has 30 heavy (non-hydrogen) atoms. The lowest BCUT2D eigenvalue weighted by atomic mass is 9.73. The second kappa shape index (κ2) is 6.35. The molecule has 1 unspecified atom stereocenters. The summed E-state index contributed by atoms with van der Waals surface area (Å²) in [5, 5.41) is 2.96. The van der Waals surface area contributed by atoms with Gasteiger partial charge in [-0.2, -0.15) is 0 Å². The van der Waals surface area contributed by atoms with Crippen molar-refractivity contribution in [3.63, 3.8) is 0 Å². The number of nitrogens with one attached hydrogen (secondary N) is 1. The van der Waals surface area contributed by atoms with E-state index in [0.29, 0.717) is 28.5 Å². The number of benzene rings is 2. The van der Waals surface area contributed by atoms with Crippen molar-refractivity contribution in [1.29, 1.82) is 0 Å². The van der Waals surface area contributed by atoms with Gasteiger partial charge in [-0.3, -0.25) is 14.3 Å². The van der Waals surface area contributed by atoms with Gasteiger partial charge in [-0.1, -0.05) is 36.4 Å². The van der Waals surface area contributed by atoms with Gasteiger partial charge in [0.05, 0.1) is 11.3 Å². The van der Waals surface area contributed by atoms with Crippen molar-refractivity contribution in [2.45, 2.75) is 19.3 Å². The van der Waals surface area contributed by atoms with E-state index in [2.05, 4.69) is 5.32 Å². The number of carbonyl (C=O) groups excluding carboxylic acids is 1. The Kier molecular flexibility index (Phi) is 3.86. The first-order valence-corrected chi connectivity index (χ1v) is 9.78. The molecule has 3 heterocycles. The lowest BCUT2D eigenvalue weighted by Gasteiger charge is -2.24. The second-order valence-corrected chi connectivity index (χ2v) is 7.60. The SMILES string of the molecule is Cc1ccc(C2(c3c(C)n(C)n(-c4ccccc4)c3=O)C(=O)Nc3ccccc32)o1. The zero-order chi connectivity index (χ0) is 21.0. The van der Waals surface area contributed by atoms with Gasteiger partial charge >= 0.3 is 0 Å². The number of rotatable bonds is 3. The monoisotopic (exact) mass is 399 g/mol. The molecule has 0 aliphatic carbocycles. The third-order valence-corrected chi connectivity index (χ3v) is 5.96. The molecule has 6 nitrogen and oxygen atoms in total. The molecule has 6 heteroatoms. The van der Waals surface area contributed by atoms with Gasteiger partial charge in [0.25, 0.3) is 5.56 Å². The fourth-order valence-electron chi connectivity index (χ4n) is 4.51. The van der Waals surface area contributed by atoms with Crippen molar-refractivity contribution in [3.05, 3.63) is 105 Å². The number of aromatic nitrogens is 2. The number of fused-ring (bicyclic) bond motifs is 1. The van der Waals surface area contributed by atoms with Crippen molar-refractivity contribution in [2.75, 3.05) is 5.32 Å². The molecule has 0 saturated carbocycles. The minimum absolute atomic E-state index is 0.248. The van der Waals surface area contributed by atoms with E-state index in [-0.39, 0.29) is 11.5 Å². The molecule has 0 bridgehead atoms. The Balaban J connectivity index is 1.91. The number of hydrogen-bond acceptors (Lipinski definition) is 3. The van der Waals surface area contributed by atoms with Gasteiger partial charge in [-0.25, -0.2) is 4.68 Å². The number of aryl methyl sites for hydroxylation is 1. The summed E-state index contributed by atoms with van der Waals surface area (Å²) in [6, 6.07) is 20.5. The molecule has 2 aromatic carbocycles. The second-order valence-electron chi connectivity index (χ2n) is 7.60. The minimum atomic E-state index is -1.36. The van der Waals surface area contributed by atoms with E-state index in [4.69, 9.17) is 4.42 Å². The van der Waals surface area contributed by atoms with Gasteiger partial charge < -0.3 is 9.73 Å². The van der Waals surface area contributed by atoms with Gasteiger partial charge in [0.15, 0.2) is 5.41 Å². The Morgan fingerprint density at radius 1 is 0.900 bits per heavy atom. The summed E-state index contributed by atoms with van der Waals surface area (Å²) in [6.45, 7) is 3.69. The molecule has 0 spiro atoms. The summed E-state index contributed by atoms with van der Waals surface area (Å²) < 4.78 is 9.38. The third-order valence-electron chi connectivity index (χ3n) is 5.96. The number of hydrogen-bond donors (Lipinski definition) is 1. The van der Waals surface area contributed by atoms with Crippen molar-refractivity contribution >= 4 is 11.6 Å². The van der Waals surface area contributed by atoms with Crippen LogP contribution in [0.1, 0.15) is 28.3 Å². The maximum absolute atomic E-state index is 13.9. The zero-order valence-electron chi connectivity index (χ0n) is 17.0. The van der Waals surface area contributed by atoms with Crippen LogP contribution in [0.2, 0.25) is 0 Å². The molecule has 0 saturated heterocycles. The van der Waals surface area contributed by atoms with Crippen LogP contribution in [0.4, 0.5) is 5.69 Å². The van der Waals surface area contributed by atoms with Crippen LogP contribution >= 0.6 is 0 Å². The summed E-state index contributed by atoms with van der Waals surface area (Å²) in [6.07, 6.45) is 0. The summed E-state index contributed by atoms with van der Waals surface area (Å²) >= 11 is 0. The fourth-order valence-corrected chi connectivity index (χ4v) is 4.51. The first kappa shape index (κ1) is 18.2. The van der Waals surface area contributed by atoms with Gasteiger partial charge in [0.1, 0.15) is 11.5 Å². The maximum atomic E-state index is 13.9. The number of amides is 1. The Hall–Kier alpha value is -3.80. The number of furan rings is 1. The summed E-state index contributed by atoms with van der Waals surface area (Å²) in [7, 11) is 1.83. The molecule has 1 amide bonds. The highest BCUT2D eigenvalue weighted by Crippen LogP contribution is 2.48. The predicted octanol–water partition coefficient (Wildman–Crippen LogP) is 3.67. The van der Waals surface area contributed by atoms with E-state index in [1.54, 1.807) is 15.4 Å². The topological polar surface area (TPSA) is 69.2 Å². The highest BCUT2D eigenvalue weighted by atomic mass is 16.3. The van der Waals surface area contributed by atoms with Crippen molar-refractivity contribution in [3.8, 4) is 5.69 Å². The van der Waals surface area contributed by atoms with E-state index >= 15 is 0 Å². The van der Waals surface area contributed by atoms with Crippen LogP contribution < -0.4 is 10.9 Å². The van der Waals surface area contributed by atoms with E-state index in [1.807, 2.05) is 81.6 Å². The molecule has 150 valence electrons. The van der Waals surface area contributed by atoms with E-state index in [1.165, 1.54) is 0 Å². The number of nitrogens with zero attached hydrogens (tertiary/aromatic N) is 2. The molecule has 1 aliphatic rings. The van der Waals surface area contributed by atoms with Crippen LogP contribution in [-0.2, 0) is 17.3 Å². The number of para-hydroxylation sites is 2. The average Bonchev–Trinajstić information content (AvgIpc) is 3.36. The molecular formula is C24H21N3O3. The molecule has 5 rings (SSSR count). The quantitative estimate of drug-likeness (QED) is 0.571. The Morgan fingerprint density at radius 3 is 2.30 bits per heavy atom. The summed E-state index contributed by atoms with van der Waals surface area (Å²) in [4.78, 5) is 27.5. The first-order chi connectivity index (χ1) is 14.5. The van der Waals surface area contributed by atoms with Gasteiger partial charge in [-0.05, 0) is 44.2 Å². The van der Waals surface area contributed by atoms with Crippen LogP contribution in [-0.4, -0.2) is 15.3 Å². The molecule has 1 aliphatic heterocycles. The minimum Gasteiger partial charge on any atom is -0.465 e. The maximum Gasteiger partial charge on any atom is 0.276 e. The average molecular weight is 399 g/mol. The Morgan fingerprint density at radius 2 is 1.60 bits per heavy atom. The van der Waals surface area contributed by atoms with Crippen molar-refractivity contribution < 1.29 is 9.21 Å². The lowest BCUT2D eigenvalue weighted by molar-refractivity contribution is -0.118. The third kappa shape index (κ3) is 2.24. The summed E-state index contributed by atoms with van der Waals surface area (Å²) in [5.74, 6) is 0.830. The smallest absolute Gasteiger partial charge is 0.276 e. The van der Waals surface area contributed by atoms with E-state index < -0.39 is 5.41 Å². The van der Waals surface area contributed by atoms with Crippen molar-refractivity contribution in [1.82, 2.24) is 9.36 Å². The number of carbonyl (C=O) groups is 1. The molecule has 4 aromatic rings. The molecular weight excluding hydrogens is 378 g/mol. The highest BCUT2D eigenvalue weighted by molar-refractivity contribution is 6.11.